The van der Waals surface area contributed by atoms with Crippen LogP contribution in [0.4, 0.5) is 0 Å². The molecule has 0 saturated carbocycles. The van der Waals surface area contributed by atoms with Gasteiger partial charge in [0.15, 0.2) is 0 Å². The summed E-state index contributed by atoms with van der Waals surface area (Å²) >= 11 is 0. The number of rotatable bonds is 2. The van der Waals surface area contributed by atoms with Gasteiger partial charge in [0.1, 0.15) is 0 Å². The maximum atomic E-state index is 9.32. The molecule has 19 heteroatoms. The topological polar surface area (TPSA) is 247 Å². The smallest absolute Gasteiger partial charge is 0.673 e. The second-order valence-corrected chi connectivity index (χ2v) is 10.8. The van der Waals surface area contributed by atoms with Crippen LogP contribution < -0.4 is 29.4 Å². The Hall–Kier alpha value is 3.21. The van der Waals surface area contributed by atoms with Crippen LogP contribution in [0.2, 0.25) is 0 Å². The fraction of sp³-hybridized carbons (Fsp3) is 0. The molecule has 0 spiro atoms. The average molecular weight is 942 g/mol. The quantitative estimate of drug-likeness (QED) is 0.149. The van der Waals surface area contributed by atoms with Crippen molar-refractivity contribution in [2.75, 3.05) is 0 Å². The number of hydrogen-bond donors (Lipinski definition) is 2. The molecule has 2 N–H and O–H groups in total. The maximum absolute atomic E-state index is 9.32. The van der Waals surface area contributed by atoms with Crippen LogP contribution in [-0.4, -0.2) is 108 Å². The minimum Gasteiger partial charge on any atom is -0.673 e. The standard InChI is InChI=1S/2H3O6PS.3Pb/c2*1-7(2,3)8(4,5)6;;;/h2*(H2,1,2,3)(H,4,5,6);;;/q;;3*+2/p-4. The predicted molar refractivity (Wildman–Crippen MR) is 54.2 cm³/mol. The molecule has 0 heterocycles. The zero-order chi connectivity index (χ0) is 14.0. The summed E-state index contributed by atoms with van der Waals surface area (Å²) < 4.78 is 52.2. The molecule has 0 aromatic heterocycles. The van der Waals surface area contributed by atoms with Crippen molar-refractivity contribution in [1.29, 1.82) is 0 Å². The van der Waals surface area contributed by atoms with Crippen LogP contribution in [-0.2, 0) is 19.5 Å². The molecule has 0 fully saturated rings. The third-order valence-electron chi connectivity index (χ3n) is 0.565. The Bertz CT molecular complexity index is 369. The summed E-state index contributed by atoms with van der Waals surface area (Å²) in [7, 11) is -22.4. The van der Waals surface area contributed by atoms with Crippen molar-refractivity contribution in [2.24, 2.45) is 0 Å². The van der Waals surface area contributed by atoms with Gasteiger partial charge in [0.25, 0.3) is 0 Å². The van der Waals surface area contributed by atoms with E-state index in [4.69, 9.17) is 9.11 Å². The van der Waals surface area contributed by atoms with Crippen LogP contribution in [0, 0.1) is 0 Å². The summed E-state index contributed by atoms with van der Waals surface area (Å²) in [5, 5.41) is 0. The van der Waals surface area contributed by atoms with Crippen molar-refractivity contribution in [3.05, 3.63) is 0 Å². The molecule has 106 valence electrons. The fourth-order valence-electron chi connectivity index (χ4n) is 0. The van der Waals surface area contributed by atoms with Gasteiger partial charge in [-0.15, -0.1) is 0 Å². The SMILES string of the molecule is O=S(=O)(O)[P+]([O-])([O-])[O-].O=S(=O)(O)[P+]([O-])([O-])[O-].[Pb+2].[Pb+2].[Pb+2]. The van der Waals surface area contributed by atoms with E-state index in [2.05, 4.69) is 0 Å². The molecular formula is H2O12P2Pb3S2+2. The molecule has 0 aromatic rings. The van der Waals surface area contributed by atoms with Gasteiger partial charge in [-0.25, -0.2) is 0 Å². The van der Waals surface area contributed by atoms with Crippen LogP contribution in [0.3, 0.4) is 0 Å². The molecule has 19 heavy (non-hydrogen) atoms. The molecular weight excluding hydrogens is 940 g/mol. The number of hydrogen-bond acceptors (Lipinski definition) is 10. The Morgan fingerprint density at radius 1 is 0.579 bits per heavy atom. The van der Waals surface area contributed by atoms with Crippen LogP contribution in [0.25, 0.3) is 0 Å². The zero-order valence-corrected chi connectivity index (χ0v) is 23.3. The van der Waals surface area contributed by atoms with E-state index in [1.54, 1.807) is 0 Å². The molecule has 0 bridgehead atoms. The van der Waals surface area contributed by atoms with Crippen LogP contribution in [0.15, 0.2) is 0 Å². The van der Waals surface area contributed by atoms with E-state index in [1.165, 1.54) is 0 Å². The third kappa shape index (κ3) is 17.4. The Balaban J connectivity index is -0.0000000594. The van der Waals surface area contributed by atoms with E-state index in [0.717, 1.165) is 0 Å². The molecule has 0 rings (SSSR count). The molecule has 0 unspecified atom stereocenters. The van der Waals surface area contributed by atoms with E-state index in [1.807, 2.05) is 0 Å². The monoisotopic (exact) mass is 944 g/mol. The molecule has 0 aliphatic heterocycles. The van der Waals surface area contributed by atoms with Gasteiger partial charge < -0.3 is 29.4 Å². The summed E-state index contributed by atoms with van der Waals surface area (Å²) in [5.41, 5.74) is 0. The van der Waals surface area contributed by atoms with E-state index >= 15 is 0 Å². The van der Waals surface area contributed by atoms with Crippen LogP contribution in [0.1, 0.15) is 0 Å². The molecule has 6 radical (unpaired) electrons. The molecule has 0 aliphatic rings. The van der Waals surface area contributed by atoms with Crippen molar-refractivity contribution in [1.82, 2.24) is 0 Å². The minimum atomic E-state index is -5.82. The van der Waals surface area contributed by atoms with Crippen molar-refractivity contribution >= 4 is 116 Å². The first kappa shape index (κ1) is 33.7. The van der Waals surface area contributed by atoms with Gasteiger partial charge in [-0.2, -0.15) is 16.8 Å². The van der Waals surface area contributed by atoms with E-state index in [-0.39, 0.29) is 81.9 Å². The second kappa shape index (κ2) is 11.7. The Morgan fingerprint density at radius 3 is 0.632 bits per heavy atom. The van der Waals surface area contributed by atoms with Crippen molar-refractivity contribution in [2.45, 2.75) is 0 Å². The van der Waals surface area contributed by atoms with Crippen LogP contribution >= 0.6 is 14.3 Å². The van der Waals surface area contributed by atoms with Gasteiger partial charge in [0.05, 0.1) is 0 Å². The minimum absolute atomic E-state index is 0. The summed E-state index contributed by atoms with van der Waals surface area (Å²) in [4.78, 5) is 55.7. The Labute approximate surface area is 168 Å². The predicted octanol–water partition coefficient (Wildman–Crippen LogP) is -7.88. The van der Waals surface area contributed by atoms with Gasteiger partial charge in [-0.1, -0.05) is 0 Å². The summed E-state index contributed by atoms with van der Waals surface area (Å²) in [6, 6.07) is 0. The first-order valence-electron chi connectivity index (χ1n) is 2.49. The second-order valence-electron chi connectivity index (χ2n) is 1.79. The van der Waals surface area contributed by atoms with E-state index < -0.39 is 33.8 Å². The van der Waals surface area contributed by atoms with E-state index in [0.29, 0.717) is 0 Å². The molecule has 0 amide bonds. The summed E-state index contributed by atoms with van der Waals surface area (Å²) in [6.07, 6.45) is 0. The molecule has 0 atom stereocenters. The van der Waals surface area contributed by atoms with Crippen LogP contribution in [0.5, 0.6) is 0 Å². The molecule has 0 aliphatic carbocycles. The van der Waals surface area contributed by atoms with Crippen molar-refractivity contribution in [3.8, 4) is 0 Å². The average Bonchev–Trinajstić information content (AvgIpc) is 1.77. The van der Waals surface area contributed by atoms with Crippen molar-refractivity contribution in [3.63, 3.8) is 0 Å². The summed E-state index contributed by atoms with van der Waals surface area (Å²) in [5.74, 6) is 0. The van der Waals surface area contributed by atoms with Gasteiger partial charge in [0.2, 0.25) is 0 Å². The normalized spacial score (nSPS) is 11.8. The van der Waals surface area contributed by atoms with Gasteiger partial charge in [-0.05, 0) is 0 Å². The van der Waals surface area contributed by atoms with Crippen molar-refractivity contribution < 1.29 is 55.3 Å². The van der Waals surface area contributed by atoms with Gasteiger partial charge in [0, 0.05) is 14.3 Å². The fourth-order valence-corrected chi connectivity index (χ4v) is 0. The maximum Gasteiger partial charge on any atom is 2.00 e. The zero-order valence-electron chi connectivity index (χ0n) is 8.19. The van der Waals surface area contributed by atoms with Gasteiger partial charge >= 0.3 is 101 Å². The van der Waals surface area contributed by atoms with Gasteiger partial charge in [-0.3, -0.25) is 9.11 Å². The van der Waals surface area contributed by atoms with E-state index in [9.17, 15) is 46.2 Å². The largest absolute Gasteiger partial charge is 2.00 e. The Kier molecular flexibility index (Phi) is 20.8. The first-order valence-corrected chi connectivity index (χ1v) is 9.67. The molecule has 12 nitrogen and oxygen atoms in total. The Morgan fingerprint density at radius 2 is 0.632 bits per heavy atom. The first-order chi connectivity index (χ1) is 6.50. The molecule has 0 aromatic carbocycles. The third-order valence-corrected chi connectivity index (χ3v) is 5.09. The molecule has 0 saturated heterocycles. The summed E-state index contributed by atoms with van der Waals surface area (Å²) in [6.45, 7) is 0.